The number of amides is 2. The average Bonchev–Trinajstić information content (AvgIpc) is 3.25. The number of aromatic nitrogens is 1. The number of hydrogen-bond donors (Lipinski definition) is 2. The number of carbonyl (C=O) groups excluding carboxylic acids is 2. The van der Waals surface area contributed by atoms with Gasteiger partial charge in [-0.2, -0.15) is 0 Å². The van der Waals surface area contributed by atoms with Crippen LogP contribution in [0.1, 0.15) is 58.0 Å². The summed E-state index contributed by atoms with van der Waals surface area (Å²) in [6.45, 7) is 1.90. The molecule has 0 aliphatic heterocycles. The van der Waals surface area contributed by atoms with Crippen molar-refractivity contribution in [2.24, 2.45) is 0 Å². The average molecular weight is 556 g/mol. The van der Waals surface area contributed by atoms with Crippen LogP contribution in [0.2, 0.25) is 0 Å². The highest BCUT2D eigenvalue weighted by Crippen LogP contribution is 2.39. The van der Waals surface area contributed by atoms with Crippen molar-refractivity contribution in [1.82, 2.24) is 15.6 Å². The van der Waals surface area contributed by atoms with Gasteiger partial charge in [-0.1, -0.05) is 35.9 Å². The van der Waals surface area contributed by atoms with Gasteiger partial charge in [0.15, 0.2) is 0 Å². The number of benzene rings is 3. The third-order valence-electron chi connectivity index (χ3n) is 7.28. The van der Waals surface area contributed by atoms with Crippen LogP contribution in [0, 0.1) is 17.5 Å². The Balaban J connectivity index is 1.50. The smallest absolute Gasteiger partial charge is 0.251 e. The van der Waals surface area contributed by atoms with Crippen LogP contribution in [0.15, 0.2) is 84.6 Å². The lowest BCUT2D eigenvalue weighted by Gasteiger charge is -2.23. The molecule has 0 bridgehead atoms. The topological polar surface area (TPSA) is 71.1 Å². The molecule has 1 aliphatic rings. The maximum absolute atomic E-state index is 14.1. The fourth-order valence-corrected chi connectivity index (χ4v) is 5.37. The lowest BCUT2D eigenvalue weighted by molar-refractivity contribution is -0.122. The van der Waals surface area contributed by atoms with Crippen LogP contribution in [0.3, 0.4) is 0 Å². The first-order valence-corrected chi connectivity index (χ1v) is 13.2. The standard InChI is InChI=1S/C33H28F3N3O2/c1-19-11-22-8-9-24(34)17-29(22)28(19)18-31(40)39-30(14-20-12-25(35)16-26(36)13-20)32-27(7-4-10-38-32)21-5-3-6-23(15-21)33(41)37-2/h3-13,15-17,28,30H,14,18H2,1-2H3,(H,37,41)(H,39,40)/t28?,30-/m0/s1. The minimum absolute atomic E-state index is 0.0567. The summed E-state index contributed by atoms with van der Waals surface area (Å²) < 4.78 is 42.2. The molecule has 2 amide bonds. The van der Waals surface area contributed by atoms with Crippen LogP contribution in [0.25, 0.3) is 17.2 Å². The van der Waals surface area contributed by atoms with E-state index < -0.39 is 17.7 Å². The van der Waals surface area contributed by atoms with Gasteiger partial charge in [0.2, 0.25) is 5.91 Å². The zero-order valence-corrected chi connectivity index (χ0v) is 22.5. The quantitative estimate of drug-likeness (QED) is 0.260. The van der Waals surface area contributed by atoms with Crippen LogP contribution in [-0.2, 0) is 11.2 Å². The van der Waals surface area contributed by atoms with Gasteiger partial charge >= 0.3 is 0 Å². The van der Waals surface area contributed by atoms with Gasteiger partial charge in [-0.25, -0.2) is 13.2 Å². The monoisotopic (exact) mass is 555 g/mol. The molecule has 5 nitrogen and oxygen atoms in total. The van der Waals surface area contributed by atoms with Crippen molar-refractivity contribution in [3.8, 4) is 11.1 Å². The normalized spacial score (nSPS) is 14.7. The van der Waals surface area contributed by atoms with Crippen LogP contribution >= 0.6 is 0 Å². The molecule has 41 heavy (non-hydrogen) atoms. The van der Waals surface area contributed by atoms with Gasteiger partial charge in [0, 0.05) is 42.8 Å². The van der Waals surface area contributed by atoms with Crippen LogP contribution in [0.4, 0.5) is 13.2 Å². The summed E-state index contributed by atoms with van der Waals surface area (Å²) in [7, 11) is 1.54. The fourth-order valence-electron chi connectivity index (χ4n) is 5.37. The van der Waals surface area contributed by atoms with Crippen molar-refractivity contribution in [3.05, 3.63) is 130 Å². The van der Waals surface area contributed by atoms with Gasteiger partial charge in [-0.3, -0.25) is 14.6 Å². The molecule has 2 atom stereocenters. The second-order valence-electron chi connectivity index (χ2n) is 10.1. The minimum Gasteiger partial charge on any atom is -0.355 e. The molecule has 0 spiro atoms. The molecule has 0 fully saturated rings. The van der Waals surface area contributed by atoms with Crippen molar-refractivity contribution >= 4 is 17.9 Å². The number of rotatable bonds is 8. The van der Waals surface area contributed by atoms with Gasteiger partial charge in [-0.15, -0.1) is 0 Å². The number of hydrogen-bond acceptors (Lipinski definition) is 3. The number of allylic oxidation sites excluding steroid dienone is 1. The van der Waals surface area contributed by atoms with Gasteiger partial charge in [0.25, 0.3) is 5.91 Å². The molecule has 1 aromatic heterocycles. The van der Waals surface area contributed by atoms with E-state index in [9.17, 15) is 22.8 Å². The van der Waals surface area contributed by atoms with Gasteiger partial charge in [-0.05, 0) is 78.1 Å². The molecular weight excluding hydrogens is 527 g/mol. The van der Waals surface area contributed by atoms with Crippen LogP contribution < -0.4 is 10.6 Å². The van der Waals surface area contributed by atoms with Crippen LogP contribution in [-0.4, -0.2) is 23.8 Å². The number of nitrogens with zero attached hydrogens (tertiary/aromatic N) is 1. The highest BCUT2D eigenvalue weighted by molar-refractivity contribution is 5.95. The maximum atomic E-state index is 14.1. The van der Waals surface area contributed by atoms with E-state index in [0.717, 1.165) is 22.8 Å². The van der Waals surface area contributed by atoms with Gasteiger partial charge in [0.05, 0.1) is 11.7 Å². The zero-order chi connectivity index (χ0) is 29.1. The first kappa shape index (κ1) is 27.8. The molecule has 1 heterocycles. The molecule has 0 saturated carbocycles. The van der Waals surface area contributed by atoms with E-state index in [-0.39, 0.29) is 36.4 Å². The summed E-state index contributed by atoms with van der Waals surface area (Å²) in [5.74, 6) is -2.71. The predicted octanol–water partition coefficient (Wildman–Crippen LogP) is 6.52. The van der Waals surface area contributed by atoms with Crippen molar-refractivity contribution in [3.63, 3.8) is 0 Å². The number of halogens is 3. The SMILES string of the molecule is CNC(=O)c1cccc(-c2cccnc2[C@H](Cc2cc(F)cc(F)c2)NC(=O)CC2C(C)=Cc3ccc(F)cc32)c1. The second kappa shape index (κ2) is 11.8. The Kier molecular flexibility index (Phi) is 8.01. The van der Waals surface area contributed by atoms with E-state index in [4.69, 9.17) is 0 Å². The van der Waals surface area contributed by atoms with E-state index in [1.54, 1.807) is 43.6 Å². The molecule has 3 aromatic carbocycles. The Bertz CT molecular complexity index is 1650. The minimum atomic E-state index is -0.763. The summed E-state index contributed by atoms with van der Waals surface area (Å²) in [6.07, 6.45) is 3.64. The van der Waals surface area contributed by atoms with E-state index in [1.165, 1.54) is 24.3 Å². The Labute approximate surface area is 236 Å². The molecule has 1 unspecified atom stereocenters. The highest BCUT2D eigenvalue weighted by Gasteiger charge is 2.28. The first-order chi connectivity index (χ1) is 19.7. The molecule has 208 valence electrons. The molecule has 2 N–H and O–H groups in total. The predicted molar refractivity (Wildman–Crippen MR) is 151 cm³/mol. The largest absolute Gasteiger partial charge is 0.355 e. The van der Waals surface area contributed by atoms with E-state index >= 15 is 0 Å². The molecule has 0 saturated heterocycles. The third-order valence-corrected chi connectivity index (χ3v) is 7.28. The second-order valence-corrected chi connectivity index (χ2v) is 10.1. The number of pyridine rings is 1. The summed E-state index contributed by atoms with van der Waals surface area (Å²) in [4.78, 5) is 30.4. The van der Waals surface area contributed by atoms with E-state index in [1.807, 2.05) is 25.1 Å². The molecule has 8 heteroatoms. The van der Waals surface area contributed by atoms with E-state index in [2.05, 4.69) is 15.6 Å². The number of carbonyl (C=O) groups is 2. The van der Waals surface area contributed by atoms with Crippen molar-refractivity contribution in [2.45, 2.75) is 31.7 Å². The van der Waals surface area contributed by atoms with Gasteiger partial charge in [0.1, 0.15) is 17.5 Å². The summed E-state index contributed by atoms with van der Waals surface area (Å²) in [6, 6.07) is 17.5. The molecule has 4 aromatic rings. The molecular formula is C33H28F3N3O2. The fraction of sp³-hybridized carbons (Fsp3) is 0.182. The van der Waals surface area contributed by atoms with Crippen LogP contribution in [0.5, 0.6) is 0 Å². The van der Waals surface area contributed by atoms with Crippen molar-refractivity contribution in [1.29, 1.82) is 0 Å². The van der Waals surface area contributed by atoms with Crippen molar-refractivity contribution < 1.29 is 22.8 Å². The summed E-state index contributed by atoms with van der Waals surface area (Å²) >= 11 is 0. The molecule has 5 rings (SSSR count). The Morgan fingerprint density at radius 2 is 1.71 bits per heavy atom. The number of nitrogens with one attached hydrogen (secondary N) is 2. The summed E-state index contributed by atoms with van der Waals surface area (Å²) in [5.41, 5.74) is 5.17. The first-order valence-electron chi connectivity index (χ1n) is 13.2. The lowest BCUT2D eigenvalue weighted by atomic mass is 9.91. The van der Waals surface area contributed by atoms with E-state index in [0.29, 0.717) is 27.9 Å². The number of fused-ring (bicyclic) bond motifs is 1. The molecule has 0 radical (unpaired) electrons. The Morgan fingerprint density at radius 1 is 0.927 bits per heavy atom. The Hall–Kier alpha value is -4.72. The third kappa shape index (κ3) is 6.22. The zero-order valence-electron chi connectivity index (χ0n) is 22.5. The lowest BCUT2D eigenvalue weighted by Crippen LogP contribution is -2.32. The van der Waals surface area contributed by atoms with Gasteiger partial charge < -0.3 is 10.6 Å². The Morgan fingerprint density at radius 3 is 2.46 bits per heavy atom. The molecule has 1 aliphatic carbocycles. The maximum Gasteiger partial charge on any atom is 0.251 e. The van der Waals surface area contributed by atoms with Crippen molar-refractivity contribution in [2.75, 3.05) is 7.05 Å². The summed E-state index contributed by atoms with van der Waals surface area (Å²) in [5, 5.41) is 5.63. The highest BCUT2D eigenvalue weighted by atomic mass is 19.1.